The van der Waals surface area contributed by atoms with E-state index in [0.29, 0.717) is 11.3 Å². The number of benzene rings is 2. The highest BCUT2D eigenvalue weighted by molar-refractivity contribution is 5.96. The van der Waals surface area contributed by atoms with Crippen LogP contribution in [-0.4, -0.2) is 36.1 Å². The maximum Gasteiger partial charge on any atom is 0.412 e. The summed E-state index contributed by atoms with van der Waals surface area (Å²) in [5.41, 5.74) is 4.54. The van der Waals surface area contributed by atoms with E-state index in [1.54, 1.807) is 63.2 Å². The van der Waals surface area contributed by atoms with Crippen LogP contribution >= 0.6 is 0 Å². The highest BCUT2D eigenvalue weighted by Gasteiger charge is 2.17. The first kappa shape index (κ1) is 22.4. The maximum absolute atomic E-state index is 12.1. The Morgan fingerprint density at radius 3 is 2.20 bits per heavy atom. The third-order valence-corrected chi connectivity index (χ3v) is 3.43. The molecule has 0 radical (unpaired) electrons. The molecule has 0 bridgehead atoms. The van der Waals surface area contributed by atoms with Crippen molar-refractivity contribution in [3.05, 3.63) is 65.7 Å². The summed E-state index contributed by atoms with van der Waals surface area (Å²) in [5, 5.41) is 2.51. The number of esters is 1. The summed E-state index contributed by atoms with van der Waals surface area (Å²) in [4.78, 5) is 47.6. The van der Waals surface area contributed by atoms with E-state index in [9.17, 15) is 19.2 Å². The summed E-state index contributed by atoms with van der Waals surface area (Å²) < 4.78 is 10.1. The molecule has 9 heteroatoms. The molecule has 2 aromatic rings. The molecule has 0 aliphatic heterocycles. The van der Waals surface area contributed by atoms with Crippen LogP contribution in [0.15, 0.2) is 54.6 Å². The van der Waals surface area contributed by atoms with Gasteiger partial charge in [0, 0.05) is 11.3 Å². The first-order valence-electron chi connectivity index (χ1n) is 9.05. The number of carbonyl (C=O) groups is 4. The largest absolute Gasteiger partial charge is 0.452 e. The molecule has 2 rings (SSSR count). The number of rotatable bonds is 5. The van der Waals surface area contributed by atoms with Crippen LogP contribution in [0.2, 0.25) is 0 Å². The quantitative estimate of drug-likeness (QED) is 0.512. The van der Waals surface area contributed by atoms with E-state index in [1.807, 2.05) is 0 Å². The molecule has 3 amide bonds. The SMILES string of the molecule is CC(C)(C)OC(=O)Nc1cccc(C(=O)OCC(=O)NNC(=O)c2ccccc2)c1. The average molecular weight is 413 g/mol. The van der Waals surface area contributed by atoms with E-state index in [0.717, 1.165) is 0 Å². The van der Waals surface area contributed by atoms with E-state index >= 15 is 0 Å². The van der Waals surface area contributed by atoms with Crippen LogP contribution in [0.25, 0.3) is 0 Å². The topological polar surface area (TPSA) is 123 Å². The molecular weight excluding hydrogens is 390 g/mol. The van der Waals surface area contributed by atoms with E-state index in [2.05, 4.69) is 16.2 Å². The van der Waals surface area contributed by atoms with Crippen molar-refractivity contribution in [2.24, 2.45) is 0 Å². The lowest BCUT2D eigenvalue weighted by Crippen LogP contribution is -2.43. The van der Waals surface area contributed by atoms with Crippen molar-refractivity contribution in [2.75, 3.05) is 11.9 Å². The third kappa shape index (κ3) is 7.63. The van der Waals surface area contributed by atoms with Gasteiger partial charge in [-0.3, -0.25) is 25.8 Å². The van der Waals surface area contributed by atoms with Crippen molar-refractivity contribution in [1.29, 1.82) is 0 Å². The lowest BCUT2D eigenvalue weighted by Gasteiger charge is -2.19. The molecule has 3 N–H and O–H groups in total. The minimum absolute atomic E-state index is 0.129. The van der Waals surface area contributed by atoms with Gasteiger partial charge in [-0.25, -0.2) is 9.59 Å². The number of hydrogen-bond donors (Lipinski definition) is 3. The number of hydrogen-bond acceptors (Lipinski definition) is 6. The van der Waals surface area contributed by atoms with Crippen LogP contribution in [0.4, 0.5) is 10.5 Å². The van der Waals surface area contributed by atoms with Crippen LogP contribution < -0.4 is 16.2 Å². The minimum atomic E-state index is -0.771. The van der Waals surface area contributed by atoms with Crippen LogP contribution in [-0.2, 0) is 14.3 Å². The normalized spacial score (nSPS) is 10.5. The summed E-state index contributed by atoms with van der Waals surface area (Å²) in [6, 6.07) is 14.3. The lowest BCUT2D eigenvalue weighted by atomic mass is 10.2. The Bertz CT molecular complexity index is 922. The Kier molecular flexibility index (Phi) is 7.51. The molecule has 0 atom stereocenters. The van der Waals surface area contributed by atoms with Gasteiger partial charge in [0.05, 0.1) is 5.56 Å². The van der Waals surface area contributed by atoms with Crippen LogP contribution in [0, 0.1) is 0 Å². The fourth-order valence-corrected chi connectivity index (χ4v) is 2.18. The average Bonchev–Trinajstić information content (AvgIpc) is 2.69. The van der Waals surface area contributed by atoms with Crippen molar-refractivity contribution in [2.45, 2.75) is 26.4 Å². The zero-order valence-corrected chi connectivity index (χ0v) is 16.9. The fraction of sp³-hybridized carbons (Fsp3) is 0.238. The molecule has 0 heterocycles. The second-order valence-corrected chi connectivity index (χ2v) is 7.15. The minimum Gasteiger partial charge on any atom is -0.452 e. The smallest absolute Gasteiger partial charge is 0.412 e. The summed E-state index contributed by atoms with van der Waals surface area (Å²) in [5.74, 6) is -1.99. The molecule has 158 valence electrons. The lowest BCUT2D eigenvalue weighted by molar-refractivity contribution is -0.125. The summed E-state index contributed by atoms with van der Waals surface area (Å²) in [6.07, 6.45) is -0.665. The monoisotopic (exact) mass is 413 g/mol. The van der Waals surface area contributed by atoms with Gasteiger partial charge in [-0.05, 0) is 51.1 Å². The van der Waals surface area contributed by atoms with Gasteiger partial charge in [0.15, 0.2) is 6.61 Å². The Hall–Kier alpha value is -3.88. The fourth-order valence-electron chi connectivity index (χ4n) is 2.18. The Morgan fingerprint density at radius 2 is 1.53 bits per heavy atom. The number of nitrogens with one attached hydrogen (secondary N) is 3. The van der Waals surface area contributed by atoms with Crippen LogP contribution in [0.5, 0.6) is 0 Å². The van der Waals surface area contributed by atoms with Gasteiger partial charge < -0.3 is 9.47 Å². The Balaban J connectivity index is 1.82. The summed E-state index contributed by atoms with van der Waals surface area (Å²) in [6.45, 7) is 4.59. The molecule has 30 heavy (non-hydrogen) atoms. The summed E-state index contributed by atoms with van der Waals surface area (Å²) >= 11 is 0. The molecule has 0 aliphatic rings. The van der Waals surface area contributed by atoms with Crippen molar-refractivity contribution >= 4 is 29.6 Å². The number of ether oxygens (including phenoxy) is 2. The van der Waals surface area contributed by atoms with Gasteiger partial charge in [0.1, 0.15) is 5.60 Å². The van der Waals surface area contributed by atoms with E-state index < -0.39 is 36.1 Å². The van der Waals surface area contributed by atoms with Gasteiger partial charge in [0.2, 0.25) is 0 Å². The van der Waals surface area contributed by atoms with E-state index in [-0.39, 0.29) is 5.56 Å². The summed E-state index contributed by atoms with van der Waals surface area (Å²) in [7, 11) is 0. The van der Waals surface area contributed by atoms with Gasteiger partial charge in [-0.15, -0.1) is 0 Å². The van der Waals surface area contributed by atoms with E-state index in [1.165, 1.54) is 12.1 Å². The molecule has 0 spiro atoms. The molecule has 0 aliphatic carbocycles. The molecule has 0 saturated carbocycles. The highest BCUT2D eigenvalue weighted by Crippen LogP contribution is 2.14. The van der Waals surface area contributed by atoms with Crippen molar-refractivity contribution < 1.29 is 28.7 Å². The third-order valence-electron chi connectivity index (χ3n) is 3.43. The van der Waals surface area contributed by atoms with Crippen molar-refractivity contribution in [1.82, 2.24) is 10.9 Å². The van der Waals surface area contributed by atoms with Crippen molar-refractivity contribution in [3.8, 4) is 0 Å². The number of carbonyl (C=O) groups excluding carboxylic acids is 4. The highest BCUT2D eigenvalue weighted by atomic mass is 16.6. The molecule has 0 fully saturated rings. The molecule has 0 aromatic heterocycles. The van der Waals surface area contributed by atoms with Gasteiger partial charge in [0.25, 0.3) is 11.8 Å². The van der Waals surface area contributed by atoms with Crippen LogP contribution in [0.1, 0.15) is 41.5 Å². The molecule has 9 nitrogen and oxygen atoms in total. The maximum atomic E-state index is 12.1. The first-order valence-corrected chi connectivity index (χ1v) is 9.05. The zero-order chi connectivity index (χ0) is 22.1. The number of hydrazine groups is 1. The standard InChI is InChI=1S/C21H23N3O6/c1-21(2,3)30-20(28)22-16-11-7-10-15(12-16)19(27)29-13-17(25)23-24-18(26)14-8-5-4-6-9-14/h4-12H,13H2,1-3H3,(H,22,28)(H,23,25)(H,24,26). The zero-order valence-electron chi connectivity index (χ0n) is 16.9. The second-order valence-electron chi connectivity index (χ2n) is 7.15. The molecular formula is C21H23N3O6. The molecule has 2 aromatic carbocycles. The Labute approximate surface area is 173 Å². The molecule has 0 saturated heterocycles. The van der Waals surface area contributed by atoms with E-state index in [4.69, 9.17) is 9.47 Å². The first-order chi connectivity index (χ1) is 14.1. The van der Waals surface area contributed by atoms with Crippen molar-refractivity contribution in [3.63, 3.8) is 0 Å². The predicted molar refractivity (Wildman–Crippen MR) is 109 cm³/mol. The number of anilines is 1. The van der Waals surface area contributed by atoms with Gasteiger partial charge in [-0.1, -0.05) is 24.3 Å². The van der Waals surface area contributed by atoms with Gasteiger partial charge in [-0.2, -0.15) is 0 Å². The molecule has 0 unspecified atom stereocenters. The van der Waals surface area contributed by atoms with Gasteiger partial charge >= 0.3 is 12.1 Å². The Morgan fingerprint density at radius 1 is 0.867 bits per heavy atom. The second kappa shape index (κ2) is 10.1. The predicted octanol–water partition coefficient (Wildman–Crippen LogP) is 2.65. The number of amides is 3. The van der Waals surface area contributed by atoms with Crippen LogP contribution in [0.3, 0.4) is 0 Å².